The summed E-state index contributed by atoms with van der Waals surface area (Å²) in [7, 11) is 1.74. The molecule has 43 heavy (non-hydrogen) atoms. The van der Waals surface area contributed by atoms with Gasteiger partial charge in [0.2, 0.25) is 0 Å². The first-order valence-electron chi connectivity index (χ1n) is 14.6. The van der Waals surface area contributed by atoms with Crippen LogP contribution < -0.4 is 5.32 Å². The average molecular weight is 593 g/mol. The highest BCUT2D eigenvalue weighted by atomic mass is 19.1. The molecule has 2 aliphatic heterocycles. The van der Waals surface area contributed by atoms with Crippen LogP contribution in [-0.4, -0.2) is 72.2 Å². The summed E-state index contributed by atoms with van der Waals surface area (Å²) in [6.07, 6.45) is -0.373. The molecule has 0 bridgehead atoms. The van der Waals surface area contributed by atoms with Crippen LogP contribution in [0.4, 0.5) is 9.18 Å². The Morgan fingerprint density at radius 2 is 1.86 bits per heavy atom. The normalized spacial score (nSPS) is 18.0. The third-order valence-corrected chi connectivity index (χ3v) is 7.53. The van der Waals surface area contributed by atoms with E-state index in [9.17, 15) is 19.6 Å². The molecule has 9 nitrogen and oxygen atoms in total. The molecule has 2 heterocycles. The quantitative estimate of drug-likeness (QED) is 0.481. The molecule has 0 spiro atoms. The van der Waals surface area contributed by atoms with Crippen LogP contribution in [0.1, 0.15) is 68.9 Å². The number of nitrogens with zero attached hydrogens (tertiary/aromatic N) is 3. The van der Waals surface area contributed by atoms with E-state index in [1.807, 2.05) is 32.0 Å². The maximum atomic E-state index is 15.2. The Labute approximate surface area is 252 Å². The van der Waals surface area contributed by atoms with Crippen LogP contribution in [0.5, 0.6) is 0 Å². The predicted molar refractivity (Wildman–Crippen MR) is 159 cm³/mol. The number of nitriles is 1. The second kappa shape index (κ2) is 12.7. The largest absolute Gasteiger partial charge is 0.443 e. The van der Waals surface area contributed by atoms with Crippen LogP contribution in [0.15, 0.2) is 36.4 Å². The van der Waals surface area contributed by atoms with Crippen molar-refractivity contribution < 1.29 is 28.2 Å². The zero-order valence-corrected chi connectivity index (χ0v) is 25.8. The van der Waals surface area contributed by atoms with Gasteiger partial charge in [0.15, 0.2) is 6.10 Å². The molecule has 2 aromatic carbocycles. The summed E-state index contributed by atoms with van der Waals surface area (Å²) >= 11 is 0. The number of fused-ring (bicyclic) bond motifs is 1. The standard InChI is InChI=1S/C33H41FN4O5/c1-32(2,3)20-33(4,5)43-31(41)38-12-7-13-42-28(19-38)29(39)36-25(17-35)14-23-10-8-22(16-27(23)34)21-9-11-24-18-37(6)30(40)26(24)15-21/h8-11,15-16,25,28H,7,12-14,18-20H2,1-6H3,(H,36,39)/t25-,28-/m0/s1. The van der Waals surface area contributed by atoms with E-state index in [2.05, 4.69) is 26.1 Å². The van der Waals surface area contributed by atoms with Gasteiger partial charge in [-0.15, -0.1) is 0 Å². The molecule has 1 fully saturated rings. The lowest BCUT2D eigenvalue weighted by molar-refractivity contribution is -0.133. The van der Waals surface area contributed by atoms with E-state index in [0.29, 0.717) is 42.6 Å². The maximum absolute atomic E-state index is 15.2. The minimum atomic E-state index is -1.01. The van der Waals surface area contributed by atoms with Crippen molar-refractivity contribution in [2.45, 2.75) is 78.2 Å². The van der Waals surface area contributed by atoms with Crippen LogP contribution >= 0.6 is 0 Å². The van der Waals surface area contributed by atoms with Gasteiger partial charge in [-0.1, -0.05) is 45.0 Å². The fourth-order valence-electron chi connectivity index (χ4n) is 5.90. The lowest BCUT2D eigenvalue weighted by Gasteiger charge is -2.34. The molecule has 2 atom stereocenters. The second-order valence-electron chi connectivity index (χ2n) is 13.3. The summed E-state index contributed by atoms with van der Waals surface area (Å²) in [4.78, 5) is 41.6. The summed E-state index contributed by atoms with van der Waals surface area (Å²) < 4.78 is 26.7. The fourth-order valence-corrected chi connectivity index (χ4v) is 5.90. The van der Waals surface area contributed by atoms with E-state index in [1.165, 1.54) is 11.0 Å². The molecule has 0 saturated carbocycles. The second-order valence-corrected chi connectivity index (χ2v) is 13.3. The van der Waals surface area contributed by atoms with E-state index in [0.717, 1.165) is 5.56 Å². The highest BCUT2D eigenvalue weighted by molar-refractivity contribution is 5.99. The van der Waals surface area contributed by atoms with Crippen molar-refractivity contribution in [2.24, 2.45) is 5.41 Å². The van der Waals surface area contributed by atoms with Gasteiger partial charge in [-0.2, -0.15) is 5.26 Å². The highest BCUT2D eigenvalue weighted by Crippen LogP contribution is 2.31. The minimum absolute atomic E-state index is 0.0173. The van der Waals surface area contributed by atoms with E-state index in [1.54, 1.807) is 30.1 Å². The number of amides is 3. The Morgan fingerprint density at radius 3 is 2.53 bits per heavy atom. The van der Waals surface area contributed by atoms with Crippen molar-refractivity contribution in [3.05, 3.63) is 58.9 Å². The molecule has 1 N–H and O–H groups in total. The number of hydrogen-bond donors (Lipinski definition) is 1. The summed E-state index contributed by atoms with van der Waals surface area (Å²) in [5.41, 5.74) is 2.39. The van der Waals surface area contributed by atoms with E-state index in [-0.39, 0.29) is 36.5 Å². The first-order valence-corrected chi connectivity index (χ1v) is 14.6. The Hall–Kier alpha value is -3.97. The molecule has 1 saturated heterocycles. The molecule has 0 unspecified atom stereocenters. The van der Waals surface area contributed by atoms with E-state index < -0.39 is 35.6 Å². The summed E-state index contributed by atoms with van der Waals surface area (Å²) in [5.74, 6) is -1.14. The monoisotopic (exact) mass is 592 g/mol. The number of benzene rings is 2. The van der Waals surface area contributed by atoms with Gasteiger partial charge in [-0.05, 0) is 66.5 Å². The van der Waals surface area contributed by atoms with Gasteiger partial charge in [0.25, 0.3) is 11.8 Å². The molecular formula is C33H41FN4O5. The number of ether oxygens (including phenoxy) is 2. The molecule has 0 aromatic heterocycles. The zero-order valence-electron chi connectivity index (χ0n) is 25.8. The van der Waals surface area contributed by atoms with E-state index in [4.69, 9.17) is 9.47 Å². The van der Waals surface area contributed by atoms with Crippen molar-refractivity contribution in [2.75, 3.05) is 26.7 Å². The number of rotatable bonds is 7. The van der Waals surface area contributed by atoms with Gasteiger partial charge >= 0.3 is 6.09 Å². The average Bonchev–Trinajstić information content (AvgIpc) is 3.07. The number of nitrogens with one attached hydrogen (secondary N) is 1. The maximum Gasteiger partial charge on any atom is 0.410 e. The van der Waals surface area contributed by atoms with Crippen molar-refractivity contribution in [1.29, 1.82) is 5.26 Å². The number of halogens is 1. The van der Waals surface area contributed by atoms with Crippen molar-refractivity contribution in [1.82, 2.24) is 15.1 Å². The van der Waals surface area contributed by atoms with Gasteiger partial charge in [0.1, 0.15) is 17.5 Å². The van der Waals surface area contributed by atoms with Crippen molar-refractivity contribution in [3.63, 3.8) is 0 Å². The number of hydrogen-bond acceptors (Lipinski definition) is 6. The minimum Gasteiger partial charge on any atom is -0.443 e. The number of carbonyl (C=O) groups is 3. The Morgan fingerprint density at radius 1 is 1.16 bits per heavy atom. The lowest BCUT2D eigenvalue weighted by atomic mass is 9.84. The van der Waals surface area contributed by atoms with Gasteiger partial charge < -0.3 is 24.6 Å². The highest BCUT2D eigenvalue weighted by Gasteiger charge is 2.34. The molecule has 2 aliphatic rings. The van der Waals surface area contributed by atoms with Crippen LogP contribution in [0, 0.1) is 22.6 Å². The molecule has 2 aromatic rings. The van der Waals surface area contributed by atoms with Gasteiger partial charge in [0.05, 0.1) is 12.6 Å². The van der Waals surface area contributed by atoms with Gasteiger partial charge in [0, 0.05) is 38.7 Å². The Kier molecular flexibility index (Phi) is 9.45. The molecule has 0 radical (unpaired) electrons. The lowest BCUT2D eigenvalue weighted by Crippen LogP contribution is -2.49. The molecule has 230 valence electrons. The van der Waals surface area contributed by atoms with E-state index >= 15 is 4.39 Å². The molecule has 4 rings (SSSR count). The molecule has 10 heteroatoms. The smallest absolute Gasteiger partial charge is 0.410 e. The summed E-state index contributed by atoms with van der Waals surface area (Å²) in [6, 6.07) is 11.2. The van der Waals surface area contributed by atoms with Crippen LogP contribution in [0.2, 0.25) is 0 Å². The molecular weight excluding hydrogens is 551 g/mol. The first-order chi connectivity index (χ1) is 20.2. The Bertz CT molecular complexity index is 1430. The third kappa shape index (κ3) is 8.11. The van der Waals surface area contributed by atoms with Crippen LogP contribution in [0.3, 0.4) is 0 Å². The summed E-state index contributed by atoms with van der Waals surface area (Å²) in [6.45, 7) is 11.1. The topological polar surface area (TPSA) is 112 Å². The third-order valence-electron chi connectivity index (χ3n) is 7.53. The SMILES string of the molecule is CN1Cc2ccc(-c3ccc(C[C@@H](C#N)NC(=O)[C@@H]4CN(C(=O)OC(C)(C)CC(C)(C)C)CCCO4)c(F)c3)cc2C1=O. The fraction of sp³-hybridized carbons (Fsp3) is 0.515. The number of carbonyl (C=O) groups excluding carboxylic acids is 3. The Balaban J connectivity index is 1.39. The predicted octanol–water partition coefficient (Wildman–Crippen LogP) is 5.07. The molecule has 0 aliphatic carbocycles. The van der Waals surface area contributed by atoms with Gasteiger partial charge in [-0.3, -0.25) is 9.59 Å². The van der Waals surface area contributed by atoms with Crippen molar-refractivity contribution in [3.8, 4) is 17.2 Å². The summed E-state index contributed by atoms with van der Waals surface area (Å²) in [5, 5.41) is 12.4. The first kappa shape index (κ1) is 32.0. The van der Waals surface area contributed by atoms with Crippen LogP contribution in [0.25, 0.3) is 11.1 Å². The van der Waals surface area contributed by atoms with Gasteiger partial charge in [-0.25, -0.2) is 9.18 Å². The molecule has 3 amide bonds. The zero-order chi connectivity index (χ0) is 31.5. The van der Waals surface area contributed by atoms with Crippen LogP contribution in [-0.2, 0) is 27.2 Å². The van der Waals surface area contributed by atoms with Crippen molar-refractivity contribution >= 4 is 17.9 Å².